The van der Waals surface area contributed by atoms with Crippen molar-refractivity contribution in [1.82, 2.24) is 9.97 Å². The van der Waals surface area contributed by atoms with Crippen LogP contribution in [0.2, 0.25) is 0 Å². The van der Waals surface area contributed by atoms with Crippen LogP contribution in [0.25, 0.3) is 11.3 Å². The first-order valence-corrected chi connectivity index (χ1v) is 7.84. The Morgan fingerprint density at radius 2 is 1.92 bits per heavy atom. The molecule has 0 atom stereocenters. The van der Waals surface area contributed by atoms with Gasteiger partial charge in [-0.3, -0.25) is 9.78 Å². The summed E-state index contributed by atoms with van der Waals surface area (Å²) in [7, 11) is 0. The molecule has 0 radical (unpaired) electrons. The average Bonchev–Trinajstić information content (AvgIpc) is 3.03. The number of amides is 1. The Labute approximate surface area is 140 Å². The van der Waals surface area contributed by atoms with Gasteiger partial charge in [0.1, 0.15) is 0 Å². The largest absolute Gasteiger partial charge is 0.441 e. The van der Waals surface area contributed by atoms with Crippen LogP contribution >= 0.6 is 0 Å². The molecule has 1 amide bonds. The third-order valence-corrected chi connectivity index (χ3v) is 3.64. The molecule has 0 saturated heterocycles. The fraction of sp³-hybridized carbons (Fsp3) is 0.211. The van der Waals surface area contributed by atoms with Crippen LogP contribution in [0.5, 0.6) is 0 Å². The third-order valence-electron chi connectivity index (χ3n) is 3.64. The molecule has 0 bridgehead atoms. The summed E-state index contributed by atoms with van der Waals surface area (Å²) >= 11 is 0. The normalized spacial score (nSPS) is 10.6. The molecule has 0 saturated carbocycles. The lowest BCUT2D eigenvalue weighted by molar-refractivity contribution is -0.116. The fourth-order valence-electron chi connectivity index (χ4n) is 2.34. The van der Waals surface area contributed by atoms with Crippen molar-refractivity contribution < 1.29 is 9.21 Å². The number of aromatic nitrogens is 2. The number of pyridine rings is 1. The van der Waals surface area contributed by atoms with Gasteiger partial charge in [-0.15, -0.1) is 0 Å². The third kappa shape index (κ3) is 4.07. The molecule has 0 spiro atoms. The van der Waals surface area contributed by atoms with E-state index in [1.807, 2.05) is 44.2 Å². The summed E-state index contributed by atoms with van der Waals surface area (Å²) < 4.78 is 5.73. The summed E-state index contributed by atoms with van der Waals surface area (Å²) in [6, 6.07) is 11.7. The summed E-state index contributed by atoms with van der Waals surface area (Å²) in [5.74, 6) is 1.21. The zero-order valence-electron chi connectivity index (χ0n) is 13.7. The van der Waals surface area contributed by atoms with E-state index in [1.54, 1.807) is 18.5 Å². The van der Waals surface area contributed by atoms with Gasteiger partial charge in [0.05, 0.1) is 6.20 Å². The van der Waals surface area contributed by atoms with Crippen molar-refractivity contribution in [2.24, 2.45) is 0 Å². The van der Waals surface area contributed by atoms with Crippen LogP contribution in [0, 0.1) is 13.8 Å². The maximum Gasteiger partial charge on any atom is 0.224 e. The Balaban J connectivity index is 1.57. The molecule has 0 aliphatic heterocycles. The molecule has 24 heavy (non-hydrogen) atoms. The molecular formula is C19H19N3O2. The molecule has 2 heterocycles. The van der Waals surface area contributed by atoms with Gasteiger partial charge in [0, 0.05) is 36.0 Å². The fourth-order valence-corrected chi connectivity index (χ4v) is 2.34. The first kappa shape index (κ1) is 15.9. The molecular weight excluding hydrogens is 302 g/mol. The monoisotopic (exact) mass is 321 g/mol. The SMILES string of the molecule is Cc1ccc(-c2cnc(CCC(=O)Nc3ccnc(C)c3)o2)cc1. The van der Waals surface area contributed by atoms with Gasteiger partial charge in [-0.1, -0.05) is 29.8 Å². The van der Waals surface area contributed by atoms with Crippen molar-refractivity contribution in [2.45, 2.75) is 26.7 Å². The Kier molecular flexibility index (Phi) is 4.70. The van der Waals surface area contributed by atoms with Crippen molar-refractivity contribution >= 4 is 11.6 Å². The number of hydrogen-bond donors (Lipinski definition) is 1. The topological polar surface area (TPSA) is 68.0 Å². The van der Waals surface area contributed by atoms with Gasteiger partial charge >= 0.3 is 0 Å². The molecule has 2 aromatic heterocycles. The lowest BCUT2D eigenvalue weighted by atomic mass is 10.1. The highest BCUT2D eigenvalue weighted by molar-refractivity contribution is 5.90. The Morgan fingerprint density at radius 3 is 2.67 bits per heavy atom. The number of oxazole rings is 1. The standard InChI is InChI=1S/C19H19N3O2/c1-13-3-5-15(6-4-13)17-12-21-19(24-17)8-7-18(23)22-16-9-10-20-14(2)11-16/h3-6,9-12H,7-8H2,1-2H3,(H,20,22,23). The number of rotatable bonds is 5. The van der Waals surface area contributed by atoms with E-state index in [-0.39, 0.29) is 5.91 Å². The molecule has 0 aliphatic rings. The predicted molar refractivity (Wildman–Crippen MR) is 92.6 cm³/mol. The first-order valence-electron chi connectivity index (χ1n) is 7.84. The van der Waals surface area contributed by atoms with Crippen LogP contribution < -0.4 is 5.32 Å². The van der Waals surface area contributed by atoms with E-state index in [9.17, 15) is 4.79 Å². The van der Waals surface area contributed by atoms with Crippen LogP contribution in [0.15, 0.2) is 53.2 Å². The lowest BCUT2D eigenvalue weighted by Crippen LogP contribution is -2.12. The molecule has 5 heteroatoms. The first-order chi connectivity index (χ1) is 11.6. The molecule has 1 N–H and O–H groups in total. The highest BCUT2D eigenvalue weighted by Crippen LogP contribution is 2.21. The quantitative estimate of drug-likeness (QED) is 0.773. The van der Waals surface area contributed by atoms with Gasteiger partial charge in [-0.05, 0) is 26.0 Å². The van der Waals surface area contributed by atoms with Crippen molar-refractivity contribution in [3.63, 3.8) is 0 Å². The molecule has 5 nitrogen and oxygen atoms in total. The second kappa shape index (κ2) is 7.08. The van der Waals surface area contributed by atoms with Crippen LogP contribution in [0.3, 0.4) is 0 Å². The molecule has 3 rings (SSSR count). The van der Waals surface area contributed by atoms with Crippen LogP contribution in [0.4, 0.5) is 5.69 Å². The van der Waals surface area contributed by atoms with E-state index in [2.05, 4.69) is 15.3 Å². The average molecular weight is 321 g/mol. The number of carbonyl (C=O) groups excluding carboxylic acids is 1. The zero-order valence-corrected chi connectivity index (χ0v) is 13.7. The minimum Gasteiger partial charge on any atom is -0.441 e. The highest BCUT2D eigenvalue weighted by atomic mass is 16.4. The number of aryl methyl sites for hydroxylation is 3. The van der Waals surface area contributed by atoms with Crippen molar-refractivity contribution in [1.29, 1.82) is 0 Å². The Morgan fingerprint density at radius 1 is 1.12 bits per heavy atom. The van der Waals surface area contributed by atoms with Gasteiger partial charge in [0.15, 0.2) is 11.7 Å². The number of benzene rings is 1. The Bertz CT molecular complexity index is 838. The van der Waals surface area contributed by atoms with Crippen molar-refractivity contribution in [3.8, 4) is 11.3 Å². The predicted octanol–water partition coefficient (Wildman–Crippen LogP) is 3.92. The molecule has 122 valence electrons. The van der Waals surface area contributed by atoms with Gasteiger partial charge in [0.2, 0.25) is 5.91 Å². The molecule has 0 unspecified atom stereocenters. The van der Waals surface area contributed by atoms with Crippen molar-refractivity contribution in [2.75, 3.05) is 5.32 Å². The molecule has 0 aliphatic carbocycles. The van der Waals surface area contributed by atoms with E-state index < -0.39 is 0 Å². The van der Waals surface area contributed by atoms with Crippen LogP contribution in [-0.4, -0.2) is 15.9 Å². The minimum absolute atomic E-state index is 0.0734. The van der Waals surface area contributed by atoms with Gasteiger partial charge < -0.3 is 9.73 Å². The molecule has 3 aromatic rings. The maximum atomic E-state index is 12.0. The molecule has 0 fully saturated rings. The summed E-state index contributed by atoms with van der Waals surface area (Å²) in [6.07, 6.45) is 4.15. The second-order valence-electron chi connectivity index (χ2n) is 5.72. The zero-order chi connectivity index (χ0) is 16.9. The summed E-state index contributed by atoms with van der Waals surface area (Å²) in [5.41, 5.74) is 3.79. The summed E-state index contributed by atoms with van der Waals surface area (Å²) in [6.45, 7) is 3.92. The summed E-state index contributed by atoms with van der Waals surface area (Å²) in [5, 5.41) is 2.85. The number of hydrogen-bond acceptors (Lipinski definition) is 4. The smallest absolute Gasteiger partial charge is 0.224 e. The van der Waals surface area contributed by atoms with E-state index in [0.29, 0.717) is 18.7 Å². The van der Waals surface area contributed by atoms with Crippen molar-refractivity contribution in [3.05, 3.63) is 65.9 Å². The van der Waals surface area contributed by atoms with E-state index in [4.69, 9.17) is 4.42 Å². The van der Waals surface area contributed by atoms with Gasteiger partial charge in [0.25, 0.3) is 0 Å². The number of anilines is 1. The second-order valence-corrected chi connectivity index (χ2v) is 5.72. The van der Waals surface area contributed by atoms with Gasteiger partial charge in [-0.25, -0.2) is 4.98 Å². The van der Waals surface area contributed by atoms with E-state index in [1.165, 1.54) is 5.56 Å². The summed E-state index contributed by atoms with van der Waals surface area (Å²) in [4.78, 5) is 20.4. The van der Waals surface area contributed by atoms with Gasteiger partial charge in [-0.2, -0.15) is 0 Å². The van der Waals surface area contributed by atoms with E-state index in [0.717, 1.165) is 22.7 Å². The number of nitrogens with zero attached hydrogens (tertiary/aromatic N) is 2. The van der Waals surface area contributed by atoms with Crippen LogP contribution in [-0.2, 0) is 11.2 Å². The number of carbonyl (C=O) groups is 1. The van der Waals surface area contributed by atoms with Crippen LogP contribution in [0.1, 0.15) is 23.6 Å². The Hall–Kier alpha value is -2.95. The number of nitrogens with one attached hydrogen (secondary N) is 1. The van der Waals surface area contributed by atoms with E-state index >= 15 is 0 Å². The molecule has 1 aromatic carbocycles. The minimum atomic E-state index is -0.0734. The highest BCUT2D eigenvalue weighted by Gasteiger charge is 2.09. The maximum absolute atomic E-state index is 12.0. The lowest BCUT2D eigenvalue weighted by Gasteiger charge is -2.04.